The van der Waals surface area contributed by atoms with Gasteiger partial charge in [0, 0.05) is 5.39 Å². The van der Waals surface area contributed by atoms with Crippen LogP contribution in [0.5, 0.6) is 0 Å². The third-order valence-electron chi connectivity index (χ3n) is 3.00. The molecule has 0 radical (unpaired) electrons. The molecule has 0 atom stereocenters. The first-order valence-electron chi connectivity index (χ1n) is 6.25. The molecule has 0 aliphatic heterocycles. The van der Waals surface area contributed by atoms with Gasteiger partial charge in [-0.2, -0.15) is 0 Å². The molecule has 0 saturated carbocycles. The molecule has 0 saturated heterocycles. The Morgan fingerprint density at radius 2 is 2.24 bits per heavy atom. The summed E-state index contributed by atoms with van der Waals surface area (Å²) in [6.07, 6.45) is 1.33. The zero-order chi connectivity index (χ0) is 14.1. The van der Waals surface area contributed by atoms with Crippen molar-refractivity contribution in [2.75, 3.05) is 4.72 Å². The van der Waals surface area contributed by atoms with Crippen LogP contribution >= 0.6 is 23.3 Å². The monoisotopic (exact) mass is 314 g/mol. The Bertz CT molecular complexity index is 853. The average Bonchev–Trinajstić information content (AvgIpc) is 3.23. The van der Waals surface area contributed by atoms with Crippen molar-refractivity contribution in [1.29, 1.82) is 0 Å². The molecule has 0 bridgehead atoms. The minimum absolute atomic E-state index is 0.489. The molecule has 7 heteroatoms. The van der Waals surface area contributed by atoms with Gasteiger partial charge in [0.05, 0.1) is 15.4 Å². The maximum absolute atomic E-state index is 5.23. The largest absolute Gasteiger partial charge is 0.422 e. The van der Waals surface area contributed by atoms with Crippen molar-refractivity contribution < 1.29 is 4.42 Å². The number of hydrogen-bond donors (Lipinski definition) is 2. The molecule has 21 heavy (non-hydrogen) atoms. The zero-order valence-corrected chi connectivity index (χ0v) is 12.4. The number of thiophene rings is 1. The number of anilines is 1. The summed E-state index contributed by atoms with van der Waals surface area (Å²) in [5.74, 6) is 0.489. The van der Waals surface area contributed by atoms with E-state index >= 15 is 0 Å². The highest BCUT2D eigenvalue weighted by Crippen LogP contribution is 2.31. The second-order valence-electron chi connectivity index (χ2n) is 4.33. The quantitative estimate of drug-likeness (QED) is 0.547. The molecular weight excluding hydrogens is 304 g/mol. The van der Waals surface area contributed by atoms with Gasteiger partial charge in [0.25, 0.3) is 5.89 Å². The molecule has 2 N–H and O–H groups in total. The van der Waals surface area contributed by atoms with Gasteiger partial charge in [-0.3, -0.25) is 0 Å². The molecule has 0 unspecified atom stereocenters. The van der Waals surface area contributed by atoms with E-state index in [0.29, 0.717) is 5.89 Å². The second-order valence-corrected chi connectivity index (χ2v) is 6.39. The average molecular weight is 314 g/mol. The number of H-pyrrole nitrogens is 1. The van der Waals surface area contributed by atoms with Gasteiger partial charge in [0.1, 0.15) is 5.69 Å². The predicted octanol–water partition coefficient (Wildman–Crippen LogP) is 4.40. The van der Waals surface area contributed by atoms with E-state index in [9.17, 15) is 0 Å². The Kier molecular flexibility index (Phi) is 3.13. The Labute approximate surface area is 128 Å². The van der Waals surface area contributed by atoms with Crippen molar-refractivity contribution in [3.05, 3.63) is 48.2 Å². The van der Waals surface area contributed by atoms with E-state index in [2.05, 4.69) is 31.3 Å². The van der Waals surface area contributed by atoms with Crippen LogP contribution in [0.25, 0.3) is 22.5 Å². The van der Waals surface area contributed by atoms with Crippen LogP contribution in [0.4, 0.5) is 5.69 Å². The van der Waals surface area contributed by atoms with Gasteiger partial charge in [-0.25, -0.2) is 0 Å². The van der Waals surface area contributed by atoms with Crippen LogP contribution in [0, 0.1) is 0 Å². The molecule has 4 rings (SSSR count). The van der Waals surface area contributed by atoms with Crippen LogP contribution in [0.3, 0.4) is 0 Å². The fraction of sp³-hybridized carbons (Fsp3) is 0. The van der Waals surface area contributed by atoms with Gasteiger partial charge in [0.2, 0.25) is 6.39 Å². The van der Waals surface area contributed by atoms with Gasteiger partial charge in [-0.15, -0.1) is 21.5 Å². The van der Waals surface area contributed by atoms with E-state index in [1.165, 1.54) is 10.6 Å². The van der Waals surface area contributed by atoms with Gasteiger partial charge >= 0.3 is 0 Å². The smallest absolute Gasteiger partial charge is 0.263 e. The van der Waals surface area contributed by atoms with Crippen LogP contribution in [-0.2, 0) is 0 Å². The Morgan fingerprint density at radius 3 is 3.05 bits per heavy atom. The van der Waals surface area contributed by atoms with E-state index in [4.69, 9.17) is 4.42 Å². The van der Waals surface area contributed by atoms with Crippen molar-refractivity contribution in [1.82, 2.24) is 15.2 Å². The van der Waals surface area contributed by atoms with Crippen LogP contribution in [-0.4, -0.2) is 15.2 Å². The molecule has 1 aromatic carbocycles. The summed E-state index contributed by atoms with van der Waals surface area (Å²) >= 11 is 3.31. The number of hydrogen-bond acceptors (Lipinski definition) is 6. The minimum atomic E-state index is 0.489. The number of fused-ring (bicyclic) bond motifs is 1. The van der Waals surface area contributed by atoms with Crippen LogP contribution in [0.15, 0.2) is 56.8 Å². The molecule has 0 fully saturated rings. The fourth-order valence-corrected chi connectivity index (χ4v) is 3.53. The maximum Gasteiger partial charge on any atom is 0.263 e. The van der Waals surface area contributed by atoms with Crippen LogP contribution in [0.1, 0.15) is 0 Å². The lowest BCUT2D eigenvalue weighted by atomic mass is 10.2. The van der Waals surface area contributed by atoms with Crippen molar-refractivity contribution in [2.45, 2.75) is 4.21 Å². The minimum Gasteiger partial charge on any atom is -0.422 e. The molecule has 3 heterocycles. The molecule has 0 aliphatic carbocycles. The highest BCUT2D eigenvalue weighted by atomic mass is 32.2. The van der Waals surface area contributed by atoms with E-state index in [0.717, 1.165) is 22.3 Å². The number of aromatic amines is 1. The normalized spacial score (nSPS) is 11.0. The summed E-state index contributed by atoms with van der Waals surface area (Å²) in [5, 5.41) is 10.8. The van der Waals surface area contributed by atoms with E-state index in [1.807, 2.05) is 30.3 Å². The molecular formula is C14H10N4OS2. The van der Waals surface area contributed by atoms with Crippen LogP contribution in [0.2, 0.25) is 0 Å². The molecule has 0 spiro atoms. The first-order chi connectivity index (χ1) is 10.4. The molecule has 104 valence electrons. The van der Waals surface area contributed by atoms with Crippen molar-refractivity contribution in [3.8, 4) is 11.6 Å². The molecule has 0 amide bonds. The van der Waals surface area contributed by atoms with E-state index in [-0.39, 0.29) is 0 Å². The van der Waals surface area contributed by atoms with E-state index < -0.39 is 0 Å². The number of benzene rings is 1. The highest BCUT2D eigenvalue weighted by Gasteiger charge is 2.10. The first kappa shape index (κ1) is 12.5. The first-order valence-corrected chi connectivity index (χ1v) is 7.94. The third-order valence-corrected chi connectivity index (χ3v) is 4.86. The summed E-state index contributed by atoms with van der Waals surface area (Å²) in [4.78, 5) is 3.33. The number of nitrogens with zero attached hydrogens (tertiary/aromatic N) is 2. The highest BCUT2D eigenvalue weighted by molar-refractivity contribution is 8.02. The van der Waals surface area contributed by atoms with Gasteiger partial charge < -0.3 is 14.1 Å². The molecule has 5 nitrogen and oxygen atoms in total. The lowest BCUT2D eigenvalue weighted by molar-refractivity contribution is 0.567. The number of para-hydroxylation sites is 1. The zero-order valence-electron chi connectivity index (χ0n) is 10.7. The van der Waals surface area contributed by atoms with Crippen LogP contribution < -0.4 is 4.72 Å². The summed E-state index contributed by atoms with van der Waals surface area (Å²) in [5.41, 5.74) is 2.87. The van der Waals surface area contributed by atoms with Gasteiger partial charge in [0.15, 0.2) is 0 Å². The van der Waals surface area contributed by atoms with Gasteiger partial charge in [-0.05, 0) is 35.5 Å². The molecule has 3 aromatic heterocycles. The SMILES string of the molecule is c1csc(SNc2cccc3cc(-c4nnco4)[nH]c23)c1. The van der Waals surface area contributed by atoms with Crippen molar-refractivity contribution in [2.24, 2.45) is 0 Å². The Balaban J connectivity index is 1.69. The lowest BCUT2D eigenvalue weighted by Gasteiger charge is -2.04. The standard InChI is InChI=1S/C14H10N4OS2/c1-3-9-7-11(14-17-15-8-19-14)16-13(9)10(4-1)18-21-12-5-2-6-20-12/h1-8,16,18H. The number of nitrogens with one attached hydrogen (secondary N) is 2. The van der Waals surface area contributed by atoms with Gasteiger partial charge in [-0.1, -0.05) is 18.2 Å². The Hall–Kier alpha value is -2.25. The molecule has 0 aliphatic rings. The summed E-state index contributed by atoms with van der Waals surface area (Å²) < 4.78 is 9.83. The summed E-state index contributed by atoms with van der Waals surface area (Å²) in [7, 11) is 0. The second kappa shape index (κ2) is 5.27. The topological polar surface area (TPSA) is 66.7 Å². The predicted molar refractivity (Wildman–Crippen MR) is 85.4 cm³/mol. The van der Waals surface area contributed by atoms with E-state index in [1.54, 1.807) is 23.3 Å². The molecule has 4 aromatic rings. The maximum atomic E-state index is 5.23. The summed E-state index contributed by atoms with van der Waals surface area (Å²) in [6.45, 7) is 0. The summed E-state index contributed by atoms with van der Waals surface area (Å²) in [6, 6.07) is 12.2. The third kappa shape index (κ3) is 2.41. The number of rotatable bonds is 4. The number of aromatic nitrogens is 3. The Morgan fingerprint density at radius 1 is 1.24 bits per heavy atom. The van der Waals surface area contributed by atoms with Crippen molar-refractivity contribution >= 4 is 39.9 Å². The lowest BCUT2D eigenvalue weighted by Crippen LogP contribution is -1.86. The fourth-order valence-electron chi connectivity index (χ4n) is 2.07. The van der Waals surface area contributed by atoms with Crippen molar-refractivity contribution in [3.63, 3.8) is 0 Å².